The second kappa shape index (κ2) is 12.7. The van der Waals surface area contributed by atoms with Crippen LogP contribution in [0.4, 0.5) is 0 Å². The zero-order valence-electron chi connectivity index (χ0n) is 26.2. The van der Waals surface area contributed by atoms with E-state index in [4.69, 9.17) is 9.47 Å². The Morgan fingerprint density at radius 2 is 0.905 bits per heavy atom. The molecule has 0 heterocycles. The SMILES string of the molecule is CCCc1c2c(c(CCC)c(C(=O)OC)c1C(=O)OC)Cc1c(c(CCC)c3cc4ccccc4cc3c1CCC)C2. The highest BCUT2D eigenvalue weighted by atomic mass is 16.5. The largest absolute Gasteiger partial charge is 0.465 e. The van der Waals surface area contributed by atoms with Gasteiger partial charge in [0.1, 0.15) is 0 Å². The predicted molar refractivity (Wildman–Crippen MR) is 172 cm³/mol. The molecule has 0 radical (unpaired) electrons. The number of hydrogen-bond acceptors (Lipinski definition) is 4. The van der Waals surface area contributed by atoms with Crippen LogP contribution in [-0.2, 0) is 48.0 Å². The van der Waals surface area contributed by atoms with Gasteiger partial charge in [0.15, 0.2) is 0 Å². The maximum atomic E-state index is 13.4. The Bertz CT molecular complexity index is 1550. The van der Waals surface area contributed by atoms with Gasteiger partial charge >= 0.3 is 11.9 Å². The summed E-state index contributed by atoms with van der Waals surface area (Å²) in [5, 5.41) is 5.28. The highest BCUT2D eigenvalue weighted by Gasteiger charge is 2.34. The molecule has 0 unspecified atom stereocenters. The second-order valence-electron chi connectivity index (χ2n) is 11.7. The molecule has 1 aliphatic carbocycles. The van der Waals surface area contributed by atoms with Gasteiger partial charge in [0.2, 0.25) is 0 Å². The molecule has 4 heteroatoms. The monoisotopic (exact) mass is 564 g/mol. The number of benzene rings is 4. The van der Waals surface area contributed by atoms with Gasteiger partial charge in [0.05, 0.1) is 25.3 Å². The van der Waals surface area contributed by atoms with Crippen LogP contribution in [0.1, 0.15) is 119 Å². The Kier molecular flexibility index (Phi) is 9.01. The molecule has 0 bridgehead atoms. The summed E-state index contributed by atoms with van der Waals surface area (Å²) in [6.07, 6.45) is 8.84. The average molecular weight is 565 g/mol. The summed E-state index contributed by atoms with van der Waals surface area (Å²) in [4.78, 5) is 26.8. The number of carbonyl (C=O) groups is 2. The zero-order chi connectivity index (χ0) is 30.0. The minimum absolute atomic E-state index is 0.412. The van der Waals surface area contributed by atoms with Crippen LogP contribution in [0.15, 0.2) is 36.4 Å². The van der Waals surface area contributed by atoms with Crippen LogP contribution < -0.4 is 0 Å². The van der Waals surface area contributed by atoms with Gasteiger partial charge in [-0.1, -0.05) is 77.6 Å². The second-order valence-corrected chi connectivity index (χ2v) is 11.7. The highest BCUT2D eigenvalue weighted by Crippen LogP contribution is 2.44. The highest BCUT2D eigenvalue weighted by molar-refractivity contribution is 6.07. The van der Waals surface area contributed by atoms with Crippen molar-refractivity contribution in [3.8, 4) is 0 Å². The van der Waals surface area contributed by atoms with Crippen LogP contribution in [0.2, 0.25) is 0 Å². The van der Waals surface area contributed by atoms with Gasteiger partial charge in [-0.25, -0.2) is 9.59 Å². The average Bonchev–Trinajstić information content (AvgIpc) is 3.01. The third kappa shape index (κ3) is 4.99. The lowest BCUT2D eigenvalue weighted by Gasteiger charge is -2.32. The van der Waals surface area contributed by atoms with Crippen LogP contribution in [0, 0.1) is 0 Å². The van der Waals surface area contributed by atoms with Crippen LogP contribution >= 0.6 is 0 Å². The molecule has 5 rings (SSSR count). The van der Waals surface area contributed by atoms with Gasteiger partial charge in [-0.15, -0.1) is 0 Å². The maximum absolute atomic E-state index is 13.4. The summed E-state index contributed by atoms with van der Waals surface area (Å²) >= 11 is 0. The first-order chi connectivity index (χ1) is 20.4. The lowest BCUT2D eigenvalue weighted by atomic mass is 9.71. The fourth-order valence-corrected chi connectivity index (χ4v) is 7.38. The van der Waals surface area contributed by atoms with Crippen LogP contribution in [0.3, 0.4) is 0 Å². The van der Waals surface area contributed by atoms with E-state index in [0.29, 0.717) is 24.0 Å². The summed E-state index contributed by atoms with van der Waals surface area (Å²) < 4.78 is 10.6. The molecular weight excluding hydrogens is 520 g/mol. The standard InChI is InChI=1S/C38H44O4/c1-7-13-25-29-19-23-17-11-12-18-24(23)20-30(29)26(14-8-2)32-22-34-28(16-10-4)36(38(40)42-6)35(37(39)41-5)27(15-9-3)33(34)21-31(25)32/h11-12,17-20H,7-10,13-16,21-22H2,1-6H3. The smallest absolute Gasteiger partial charge is 0.339 e. The molecule has 0 spiro atoms. The van der Waals surface area contributed by atoms with Gasteiger partial charge in [0.25, 0.3) is 0 Å². The molecule has 0 atom stereocenters. The molecule has 0 saturated carbocycles. The number of methoxy groups -OCH3 is 2. The van der Waals surface area contributed by atoms with Crippen LogP contribution in [0.5, 0.6) is 0 Å². The van der Waals surface area contributed by atoms with Crippen molar-refractivity contribution in [1.82, 2.24) is 0 Å². The van der Waals surface area contributed by atoms with Crippen LogP contribution in [-0.4, -0.2) is 26.2 Å². The zero-order valence-corrected chi connectivity index (χ0v) is 26.2. The fourth-order valence-electron chi connectivity index (χ4n) is 7.38. The van der Waals surface area contributed by atoms with E-state index in [1.165, 1.54) is 69.1 Å². The molecule has 0 amide bonds. The molecule has 42 heavy (non-hydrogen) atoms. The molecule has 0 aromatic heterocycles. The minimum atomic E-state index is -0.449. The number of hydrogen-bond donors (Lipinski definition) is 0. The van der Waals surface area contributed by atoms with E-state index < -0.39 is 11.9 Å². The van der Waals surface area contributed by atoms with Crippen molar-refractivity contribution in [3.63, 3.8) is 0 Å². The summed E-state index contributed by atoms with van der Waals surface area (Å²) in [6.45, 7) is 8.77. The maximum Gasteiger partial charge on any atom is 0.339 e. The third-order valence-electron chi connectivity index (χ3n) is 9.06. The first kappa shape index (κ1) is 29.8. The van der Waals surface area contributed by atoms with E-state index in [2.05, 4.69) is 64.1 Å². The molecule has 1 aliphatic rings. The number of esters is 2. The third-order valence-corrected chi connectivity index (χ3v) is 9.06. The number of carbonyl (C=O) groups excluding carboxylic acids is 2. The first-order valence-corrected chi connectivity index (χ1v) is 15.8. The predicted octanol–water partition coefficient (Wildman–Crippen LogP) is 8.87. The van der Waals surface area contributed by atoms with Crippen molar-refractivity contribution in [2.24, 2.45) is 0 Å². The number of fused-ring (bicyclic) bond motifs is 4. The normalized spacial score (nSPS) is 12.3. The lowest BCUT2D eigenvalue weighted by Crippen LogP contribution is -2.25. The lowest BCUT2D eigenvalue weighted by molar-refractivity contribution is 0.0552. The van der Waals surface area contributed by atoms with Crippen molar-refractivity contribution in [2.45, 2.75) is 91.9 Å². The van der Waals surface area contributed by atoms with E-state index in [9.17, 15) is 9.59 Å². The summed E-state index contributed by atoms with van der Waals surface area (Å²) in [6, 6.07) is 13.5. The molecule has 220 valence electrons. The minimum Gasteiger partial charge on any atom is -0.465 e. The van der Waals surface area contributed by atoms with Gasteiger partial charge in [-0.2, -0.15) is 0 Å². The number of rotatable bonds is 10. The fraction of sp³-hybridized carbons (Fsp3) is 0.421. The van der Waals surface area contributed by atoms with E-state index >= 15 is 0 Å². The molecule has 0 aliphatic heterocycles. The quantitative estimate of drug-likeness (QED) is 0.126. The van der Waals surface area contributed by atoms with Gasteiger partial charge < -0.3 is 9.47 Å². The molecule has 0 saturated heterocycles. The van der Waals surface area contributed by atoms with Crippen molar-refractivity contribution in [1.29, 1.82) is 0 Å². The summed E-state index contributed by atoms with van der Waals surface area (Å²) in [7, 11) is 2.81. The molecule has 0 fully saturated rings. The van der Waals surface area contributed by atoms with Gasteiger partial charge in [-0.05, 0) is 117 Å². The topological polar surface area (TPSA) is 52.6 Å². The van der Waals surface area contributed by atoms with Crippen LogP contribution in [0.25, 0.3) is 21.5 Å². The molecular formula is C38H44O4. The first-order valence-electron chi connectivity index (χ1n) is 15.8. The van der Waals surface area contributed by atoms with Gasteiger partial charge in [0, 0.05) is 0 Å². The molecule has 0 N–H and O–H groups in total. The summed E-state index contributed by atoms with van der Waals surface area (Å²) in [5.41, 5.74) is 10.9. The van der Waals surface area contributed by atoms with Gasteiger partial charge in [-0.3, -0.25) is 0 Å². The molecule has 4 aromatic carbocycles. The number of ether oxygens (including phenoxy) is 2. The number of aryl methyl sites for hydroxylation is 2. The Morgan fingerprint density at radius 3 is 1.24 bits per heavy atom. The summed E-state index contributed by atoms with van der Waals surface area (Å²) in [5.74, 6) is -0.898. The van der Waals surface area contributed by atoms with Crippen molar-refractivity contribution >= 4 is 33.5 Å². The Labute approximate surface area is 250 Å². The molecule has 4 aromatic rings. The Balaban J connectivity index is 1.92. The molecule has 4 nitrogen and oxygen atoms in total. The van der Waals surface area contributed by atoms with E-state index in [-0.39, 0.29) is 0 Å². The van der Waals surface area contributed by atoms with E-state index in [1.54, 1.807) is 0 Å². The Hall–Kier alpha value is -3.66. The van der Waals surface area contributed by atoms with Crippen molar-refractivity contribution in [2.75, 3.05) is 14.2 Å². The van der Waals surface area contributed by atoms with Crippen molar-refractivity contribution < 1.29 is 19.1 Å². The Morgan fingerprint density at radius 1 is 0.571 bits per heavy atom. The van der Waals surface area contributed by atoms with Crippen molar-refractivity contribution in [3.05, 3.63) is 92.0 Å². The van der Waals surface area contributed by atoms with E-state index in [1.807, 2.05) is 0 Å². The van der Waals surface area contributed by atoms with E-state index in [0.717, 1.165) is 62.5 Å².